The standard InChI is InChI=1S/C17H16ClN3O3S/c1-4-5-24-17-13(18)6-12(7-14(17)23-3)9-19-21-15(22)8-16-20-11(2)10-25-16/h1,6-7,9-10H,5,8H2,2-3H3,(H,21,22)/b19-9-. The van der Waals surface area contributed by atoms with Gasteiger partial charge in [-0.1, -0.05) is 17.5 Å². The zero-order chi connectivity index (χ0) is 18.2. The van der Waals surface area contributed by atoms with E-state index in [1.54, 1.807) is 12.1 Å². The number of hydrogen-bond acceptors (Lipinski definition) is 6. The first-order chi connectivity index (χ1) is 12.0. The number of ether oxygens (including phenoxy) is 2. The molecule has 0 aliphatic rings. The van der Waals surface area contributed by atoms with Crippen LogP contribution in [-0.2, 0) is 11.2 Å². The summed E-state index contributed by atoms with van der Waals surface area (Å²) in [6.07, 6.45) is 6.82. The zero-order valence-corrected chi connectivity index (χ0v) is 15.3. The smallest absolute Gasteiger partial charge is 0.246 e. The fraction of sp³-hybridized carbons (Fsp3) is 0.235. The molecule has 0 atom stereocenters. The molecule has 1 aromatic carbocycles. The van der Waals surface area contributed by atoms with E-state index in [0.29, 0.717) is 22.1 Å². The summed E-state index contributed by atoms with van der Waals surface area (Å²) in [6, 6.07) is 3.31. The molecule has 0 spiro atoms. The van der Waals surface area contributed by atoms with E-state index < -0.39 is 0 Å². The number of hydrogen-bond donors (Lipinski definition) is 1. The molecular formula is C17H16ClN3O3S. The van der Waals surface area contributed by atoms with Crippen molar-refractivity contribution < 1.29 is 14.3 Å². The van der Waals surface area contributed by atoms with Crippen molar-refractivity contribution in [1.29, 1.82) is 0 Å². The molecule has 1 N–H and O–H groups in total. The number of amides is 1. The van der Waals surface area contributed by atoms with Crippen LogP contribution in [0.15, 0.2) is 22.6 Å². The summed E-state index contributed by atoms with van der Waals surface area (Å²) >= 11 is 7.61. The van der Waals surface area contributed by atoms with Gasteiger partial charge in [0, 0.05) is 11.1 Å². The summed E-state index contributed by atoms with van der Waals surface area (Å²) in [4.78, 5) is 16.1. The van der Waals surface area contributed by atoms with Crippen molar-refractivity contribution in [3.05, 3.63) is 38.8 Å². The summed E-state index contributed by atoms with van der Waals surface area (Å²) in [5, 5.41) is 6.89. The van der Waals surface area contributed by atoms with Gasteiger partial charge < -0.3 is 9.47 Å². The van der Waals surface area contributed by atoms with Gasteiger partial charge in [0.2, 0.25) is 5.91 Å². The maximum atomic E-state index is 11.8. The predicted octanol–water partition coefficient (Wildman–Crippen LogP) is 2.82. The number of carbonyl (C=O) groups excluding carboxylic acids is 1. The number of rotatable bonds is 7. The van der Waals surface area contributed by atoms with Gasteiger partial charge in [0.15, 0.2) is 11.5 Å². The highest BCUT2D eigenvalue weighted by molar-refractivity contribution is 7.09. The van der Waals surface area contributed by atoms with Gasteiger partial charge in [-0.2, -0.15) is 5.10 Å². The predicted molar refractivity (Wildman–Crippen MR) is 98.6 cm³/mol. The van der Waals surface area contributed by atoms with E-state index >= 15 is 0 Å². The Hall–Kier alpha value is -2.56. The Balaban J connectivity index is 2.01. The van der Waals surface area contributed by atoms with Crippen LogP contribution >= 0.6 is 22.9 Å². The Kier molecular flexibility index (Phi) is 6.81. The summed E-state index contributed by atoms with van der Waals surface area (Å²) in [5.74, 6) is 2.90. The van der Waals surface area contributed by atoms with Gasteiger partial charge in [-0.05, 0) is 24.6 Å². The van der Waals surface area contributed by atoms with Crippen LogP contribution in [0, 0.1) is 19.3 Å². The van der Waals surface area contributed by atoms with Gasteiger partial charge in [0.1, 0.15) is 11.6 Å². The first-order valence-corrected chi connectivity index (χ1v) is 8.46. The minimum absolute atomic E-state index is 0.0792. The van der Waals surface area contributed by atoms with Gasteiger partial charge in [0.25, 0.3) is 0 Å². The number of aromatic nitrogens is 1. The number of terminal acetylenes is 1. The van der Waals surface area contributed by atoms with Crippen molar-refractivity contribution in [2.24, 2.45) is 5.10 Å². The second kappa shape index (κ2) is 9.06. The maximum absolute atomic E-state index is 11.8. The Morgan fingerprint density at radius 2 is 2.36 bits per heavy atom. The van der Waals surface area contributed by atoms with E-state index in [-0.39, 0.29) is 18.9 Å². The van der Waals surface area contributed by atoms with Crippen LogP contribution in [0.1, 0.15) is 16.3 Å². The quantitative estimate of drug-likeness (QED) is 0.457. The van der Waals surface area contributed by atoms with Crippen LogP contribution in [0.4, 0.5) is 0 Å². The molecule has 0 fully saturated rings. The Labute approximate surface area is 154 Å². The van der Waals surface area contributed by atoms with Crippen molar-refractivity contribution >= 4 is 35.1 Å². The lowest BCUT2D eigenvalue weighted by Gasteiger charge is -2.11. The third-order valence-corrected chi connectivity index (χ3v) is 4.18. The van der Waals surface area contributed by atoms with E-state index in [4.69, 9.17) is 27.5 Å². The largest absolute Gasteiger partial charge is 0.493 e. The van der Waals surface area contributed by atoms with E-state index in [1.165, 1.54) is 24.7 Å². The van der Waals surface area contributed by atoms with Crippen molar-refractivity contribution in [3.8, 4) is 23.8 Å². The molecule has 0 saturated carbocycles. The Morgan fingerprint density at radius 1 is 1.56 bits per heavy atom. The van der Waals surface area contributed by atoms with Gasteiger partial charge in [-0.25, -0.2) is 10.4 Å². The summed E-state index contributed by atoms with van der Waals surface area (Å²) in [6.45, 7) is 1.96. The average molecular weight is 378 g/mol. The monoisotopic (exact) mass is 377 g/mol. The van der Waals surface area contributed by atoms with Crippen molar-refractivity contribution in [1.82, 2.24) is 10.4 Å². The molecule has 2 aromatic rings. The van der Waals surface area contributed by atoms with Gasteiger partial charge in [-0.3, -0.25) is 4.79 Å². The molecule has 2 rings (SSSR count). The number of carbonyl (C=O) groups is 1. The SMILES string of the molecule is C#CCOc1c(Cl)cc(/C=N\NC(=O)Cc2nc(C)cs2)cc1OC. The molecule has 1 amide bonds. The summed E-state index contributed by atoms with van der Waals surface area (Å²) < 4.78 is 10.6. The highest BCUT2D eigenvalue weighted by Crippen LogP contribution is 2.35. The molecule has 25 heavy (non-hydrogen) atoms. The number of aryl methyl sites for hydroxylation is 1. The molecule has 0 aliphatic carbocycles. The topological polar surface area (TPSA) is 72.8 Å². The van der Waals surface area contributed by atoms with Crippen LogP contribution in [0.25, 0.3) is 0 Å². The third kappa shape index (κ3) is 5.48. The zero-order valence-electron chi connectivity index (χ0n) is 13.7. The van der Waals surface area contributed by atoms with Crippen molar-refractivity contribution in [2.45, 2.75) is 13.3 Å². The van der Waals surface area contributed by atoms with Crippen LogP contribution in [-0.4, -0.2) is 30.8 Å². The molecule has 0 saturated heterocycles. The second-order valence-corrected chi connectivity index (χ2v) is 6.23. The number of halogens is 1. The number of nitrogens with one attached hydrogen (secondary N) is 1. The van der Waals surface area contributed by atoms with E-state index in [1.807, 2.05) is 12.3 Å². The second-order valence-electron chi connectivity index (χ2n) is 4.88. The first kappa shape index (κ1) is 18.8. The van der Waals surface area contributed by atoms with Crippen LogP contribution in [0.2, 0.25) is 5.02 Å². The Bertz CT molecular complexity index is 827. The normalized spacial score (nSPS) is 10.5. The summed E-state index contributed by atoms with van der Waals surface area (Å²) in [7, 11) is 1.49. The molecule has 0 unspecified atom stereocenters. The lowest BCUT2D eigenvalue weighted by molar-refractivity contribution is -0.120. The molecule has 6 nitrogen and oxygen atoms in total. The highest BCUT2D eigenvalue weighted by atomic mass is 35.5. The molecule has 1 aromatic heterocycles. The average Bonchev–Trinajstić information content (AvgIpc) is 2.98. The molecule has 1 heterocycles. The van der Waals surface area contributed by atoms with Crippen molar-refractivity contribution in [3.63, 3.8) is 0 Å². The van der Waals surface area contributed by atoms with Gasteiger partial charge in [0.05, 0.1) is 24.8 Å². The number of hydrazone groups is 1. The molecule has 0 aliphatic heterocycles. The van der Waals surface area contributed by atoms with Crippen LogP contribution < -0.4 is 14.9 Å². The highest BCUT2D eigenvalue weighted by Gasteiger charge is 2.11. The third-order valence-electron chi connectivity index (χ3n) is 2.93. The van der Waals surface area contributed by atoms with E-state index in [0.717, 1.165) is 10.7 Å². The van der Waals surface area contributed by atoms with E-state index in [2.05, 4.69) is 21.4 Å². The molecule has 0 bridgehead atoms. The van der Waals surface area contributed by atoms with Crippen LogP contribution in [0.3, 0.4) is 0 Å². The first-order valence-electron chi connectivity index (χ1n) is 7.20. The molecule has 0 radical (unpaired) electrons. The number of thiazole rings is 1. The number of benzene rings is 1. The molecule has 8 heteroatoms. The van der Waals surface area contributed by atoms with E-state index in [9.17, 15) is 4.79 Å². The number of nitrogens with zero attached hydrogens (tertiary/aromatic N) is 2. The summed E-state index contributed by atoms with van der Waals surface area (Å²) in [5.41, 5.74) is 3.98. The minimum Gasteiger partial charge on any atom is -0.493 e. The molecular weight excluding hydrogens is 362 g/mol. The van der Waals surface area contributed by atoms with Crippen LogP contribution in [0.5, 0.6) is 11.5 Å². The number of methoxy groups -OCH3 is 1. The Morgan fingerprint density at radius 3 is 3.00 bits per heavy atom. The van der Waals surface area contributed by atoms with Gasteiger partial charge >= 0.3 is 0 Å². The minimum atomic E-state index is -0.252. The lowest BCUT2D eigenvalue weighted by atomic mass is 10.2. The molecule has 130 valence electrons. The lowest BCUT2D eigenvalue weighted by Crippen LogP contribution is -2.19. The fourth-order valence-electron chi connectivity index (χ4n) is 1.91. The fourth-order valence-corrected chi connectivity index (χ4v) is 2.95. The van der Waals surface area contributed by atoms with Gasteiger partial charge in [-0.15, -0.1) is 17.8 Å². The maximum Gasteiger partial charge on any atom is 0.246 e. The van der Waals surface area contributed by atoms with Crippen molar-refractivity contribution in [2.75, 3.05) is 13.7 Å².